The quantitative estimate of drug-likeness (QED) is 0.848. The molecule has 1 aromatic heterocycles. The first-order valence-electron chi connectivity index (χ1n) is 6.39. The Kier molecular flexibility index (Phi) is 4.65. The number of amides is 1. The maximum atomic E-state index is 11.1. The van der Waals surface area contributed by atoms with Crippen molar-refractivity contribution in [1.82, 2.24) is 5.32 Å². The first-order chi connectivity index (χ1) is 9.69. The van der Waals surface area contributed by atoms with Crippen molar-refractivity contribution in [3.8, 4) is 5.75 Å². The number of carbonyl (C=O) groups is 1. The molecule has 0 aliphatic carbocycles. The second-order valence-electron chi connectivity index (χ2n) is 4.37. The fraction of sp³-hybridized carbons (Fsp3) is 0.267. The van der Waals surface area contributed by atoms with E-state index in [1.54, 1.807) is 13.3 Å². The van der Waals surface area contributed by atoms with Gasteiger partial charge in [-0.2, -0.15) is 0 Å². The number of anilines is 1. The van der Waals surface area contributed by atoms with Crippen molar-refractivity contribution in [2.75, 3.05) is 19.0 Å². The zero-order chi connectivity index (χ0) is 14.4. The second-order valence-corrected chi connectivity index (χ2v) is 4.37. The number of nitrogens with one attached hydrogen (secondary N) is 2. The van der Waals surface area contributed by atoms with E-state index in [2.05, 4.69) is 10.6 Å². The second kappa shape index (κ2) is 6.65. The molecule has 1 amide bonds. The van der Waals surface area contributed by atoms with Gasteiger partial charge in [-0.1, -0.05) is 6.07 Å². The number of benzene rings is 1. The van der Waals surface area contributed by atoms with Crippen LogP contribution in [0.1, 0.15) is 11.3 Å². The number of hydrogen-bond acceptors (Lipinski definition) is 4. The van der Waals surface area contributed by atoms with Crippen LogP contribution in [0.3, 0.4) is 0 Å². The van der Waals surface area contributed by atoms with E-state index in [4.69, 9.17) is 9.15 Å². The van der Waals surface area contributed by atoms with E-state index >= 15 is 0 Å². The third-order valence-corrected chi connectivity index (χ3v) is 2.90. The minimum absolute atomic E-state index is 0.0112. The molecule has 20 heavy (non-hydrogen) atoms. The Hall–Kier alpha value is -2.43. The molecule has 0 radical (unpaired) electrons. The molecule has 0 spiro atoms. The van der Waals surface area contributed by atoms with Crippen molar-refractivity contribution in [3.05, 3.63) is 47.9 Å². The lowest BCUT2D eigenvalue weighted by Crippen LogP contribution is -2.24. The normalized spacial score (nSPS) is 10.1. The van der Waals surface area contributed by atoms with Gasteiger partial charge in [0, 0.05) is 18.8 Å². The highest BCUT2D eigenvalue weighted by atomic mass is 16.5. The summed E-state index contributed by atoms with van der Waals surface area (Å²) in [6.45, 7) is 2.62. The predicted molar refractivity (Wildman–Crippen MR) is 76.8 cm³/mol. The smallest absolute Gasteiger partial charge is 0.257 e. The lowest BCUT2D eigenvalue weighted by molar-refractivity contribution is -0.122. The molecular formula is C15H18N2O3. The zero-order valence-electron chi connectivity index (χ0n) is 11.6. The van der Waals surface area contributed by atoms with E-state index in [-0.39, 0.29) is 12.5 Å². The van der Waals surface area contributed by atoms with Crippen LogP contribution >= 0.6 is 0 Å². The molecule has 0 fully saturated rings. The molecule has 0 bridgehead atoms. The van der Waals surface area contributed by atoms with Crippen LogP contribution in [0.25, 0.3) is 0 Å². The van der Waals surface area contributed by atoms with Gasteiger partial charge in [0.1, 0.15) is 11.5 Å². The molecule has 0 aliphatic rings. The van der Waals surface area contributed by atoms with Gasteiger partial charge in [-0.3, -0.25) is 4.79 Å². The van der Waals surface area contributed by atoms with Gasteiger partial charge in [0.15, 0.2) is 6.61 Å². The first kappa shape index (κ1) is 14.0. The number of likely N-dealkylation sites (N-methyl/N-ethyl adjacent to an activating group) is 1. The van der Waals surface area contributed by atoms with Crippen LogP contribution in [0.5, 0.6) is 5.75 Å². The SMILES string of the molecule is CNC(=O)COc1cccc(NCc2occc2C)c1. The van der Waals surface area contributed by atoms with Crippen molar-refractivity contribution in [1.29, 1.82) is 0 Å². The number of carbonyl (C=O) groups excluding carboxylic acids is 1. The number of rotatable bonds is 6. The van der Waals surface area contributed by atoms with Crippen molar-refractivity contribution in [2.24, 2.45) is 0 Å². The zero-order valence-corrected chi connectivity index (χ0v) is 11.6. The summed E-state index contributed by atoms with van der Waals surface area (Å²) in [7, 11) is 1.58. The van der Waals surface area contributed by atoms with E-state index in [1.165, 1.54) is 0 Å². The number of hydrogen-bond donors (Lipinski definition) is 2. The highest BCUT2D eigenvalue weighted by molar-refractivity contribution is 5.77. The maximum Gasteiger partial charge on any atom is 0.257 e. The summed E-state index contributed by atoms with van der Waals surface area (Å²) in [6.07, 6.45) is 1.68. The maximum absolute atomic E-state index is 11.1. The highest BCUT2D eigenvalue weighted by Crippen LogP contribution is 2.19. The lowest BCUT2D eigenvalue weighted by atomic mass is 10.2. The molecule has 0 aliphatic heterocycles. The fourth-order valence-corrected chi connectivity index (χ4v) is 1.68. The number of aryl methyl sites for hydroxylation is 1. The molecular weight excluding hydrogens is 256 g/mol. The lowest BCUT2D eigenvalue weighted by Gasteiger charge is -2.09. The van der Waals surface area contributed by atoms with Gasteiger partial charge in [0.05, 0.1) is 12.8 Å². The largest absolute Gasteiger partial charge is 0.484 e. The van der Waals surface area contributed by atoms with Crippen LogP contribution in [-0.4, -0.2) is 19.6 Å². The third-order valence-electron chi connectivity index (χ3n) is 2.90. The summed E-state index contributed by atoms with van der Waals surface area (Å²) in [4.78, 5) is 11.1. The average Bonchev–Trinajstić information content (AvgIpc) is 2.88. The molecule has 1 aromatic carbocycles. The van der Waals surface area contributed by atoms with Crippen molar-refractivity contribution in [2.45, 2.75) is 13.5 Å². The van der Waals surface area contributed by atoms with Gasteiger partial charge < -0.3 is 19.8 Å². The Bertz CT molecular complexity index is 578. The van der Waals surface area contributed by atoms with Crippen LogP contribution in [0.2, 0.25) is 0 Å². The summed E-state index contributed by atoms with van der Waals surface area (Å²) >= 11 is 0. The van der Waals surface area contributed by atoms with Crippen molar-refractivity contribution in [3.63, 3.8) is 0 Å². The van der Waals surface area contributed by atoms with E-state index in [9.17, 15) is 4.79 Å². The Morgan fingerprint density at radius 3 is 2.90 bits per heavy atom. The van der Waals surface area contributed by atoms with Crippen LogP contribution in [0.4, 0.5) is 5.69 Å². The van der Waals surface area contributed by atoms with Crippen LogP contribution in [-0.2, 0) is 11.3 Å². The number of ether oxygens (including phenoxy) is 1. The van der Waals surface area contributed by atoms with E-state index in [0.29, 0.717) is 12.3 Å². The van der Waals surface area contributed by atoms with Crippen molar-refractivity contribution >= 4 is 11.6 Å². The van der Waals surface area contributed by atoms with Gasteiger partial charge >= 0.3 is 0 Å². The van der Waals surface area contributed by atoms with Crippen molar-refractivity contribution < 1.29 is 13.9 Å². The van der Waals surface area contributed by atoms with Gasteiger partial charge in [0.2, 0.25) is 0 Å². The van der Waals surface area contributed by atoms with E-state index < -0.39 is 0 Å². The Balaban J connectivity index is 1.92. The molecule has 2 rings (SSSR count). The van der Waals surface area contributed by atoms with Gasteiger partial charge in [-0.15, -0.1) is 0 Å². The summed E-state index contributed by atoms with van der Waals surface area (Å²) in [5.74, 6) is 1.39. The minimum Gasteiger partial charge on any atom is -0.484 e. The predicted octanol–water partition coefficient (Wildman–Crippen LogP) is 2.32. The molecule has 0 unspecified atom stereocenters. The molecule has 106 valence electrons. The van der Waals surface area contributed by atoms with Crippen LogP contribution in [0, 0.1) is 6.92 Å². The molecule has 0 saturated heterocycles. The minimum atomic E-state index is -0.158. The summed E-state index contributed by atoms with van der Waals surface area (Å²) in [5, 5.41) is 5.76. The topological polar surface area (TPSA) is 63.5 Å². The molecule has 5 heteroatoms. The van der Waals surface area contributed by atoms with Gasteiger partial charge in [-0.25, -0.2) is 0 Å². The monoisotopic (exact) mass is 274 g/mol. The van der Waals surface area contributed by atoms with E-state index in [1.807, 2.05) is 37.3 Å². The van der Waals surface area contributed by atoms with E-state index in [0.717, 1.165) is 17.0 Å². The molecule has 0 saturated carbocycles. The molecule has 1 heterocycles. The Labute approximate surface area is 117 Å². The first-order valence-corrected chi connectivity index (χ1v) is 6.39. The molecule has 2 aromatic rings. The summed E-state index contributed by atoms with van der Waals surface area (Å²) in [6, 6.07) is 9.40. The fourth-order valence-electron chi connectivity index (χ4n) is 1.68. The summed E-state index contributed by atoms with van der Waals surface area (Å²) < 4.78 is 10.7. The molecule has 2 N–H and O–H groups in total. The third kappa shape index (κ3) is 3.78. The average molecular weight is 274 g/mol. The van der Waals surface area contributed by atoms with Crippen LogP contribution < -0.4 is 15.4 Å². The van der Waals surface area contributed by atoms with Crippen LogP contribution in [0.15, 0.2) is 41.0 Å². The van der Waals surface area contributed by atoms with Gasteiger partial charge in [0.25, 0.3) is 5.91 Å². The summed E-state index contributed by atoms with van der Waals surface area (Å²) in [5.41, 5.74) is 2.03. The molecule has 5 nitrogen and oxygen atoms in total. The molecule has 0 atom stereocenters. The Morgan fingerprint density at radius 1 is 1.35 bits per heavy atom. The Morgan fingerprint density at radius 2 is 2.20 bits per heavy atom. The van der Waals surface area contributed by atoms with Gasteiger partial charge in [-0.05, 0) is 30.7 Å². The highest BCUT2D eigenvalue weighted by Gasteiger charge is 2.03. The number of furan rings is 1. The standard InChI is InChI=1S/C15H18N2O3/c1-11-6-7-19-14(11)9-17-12-4-3-5-13(8-12)20-10-15(18)16-2/h3-8,17H,9-10H2,1-2H3,(H,16,18).